The topological polar surface area (TPSA) is 72.8 Å². The highest BCUT2D eigenvalue weighted by atomic mass is 19.1. The number of benzene rings is 1. The van der Waals surface area contributed by atoms with Crippen LogP contribution in [0.15, 0.2) is 53.7 Å². The molecule has 0 aliphatic carbocycles. The minimum absolute atomic E-state index is 0.279. The van der Waals surface area contributed by atoms with E-state index in [0.29, 0.717) is 17.0 Å². The molecule has 0 spiro atoms. The van der Waals surface area contributed by atoms with Gasteiger partial charge in [-0.3, -0.25) is 14.0 Å². The average Bonchev–Trinajstić information content (AvgIpc) is 3.02. The second kappa shape index (κ2) is 6.38. The van der Waals surface area contributed by atoms with Crippen LogP contribution in [0.25, 0.3) is 16.8 Å². The Labute approximate surface area is 137 Å². The van der Waals surface area contributed by atoms with Crippen molar-refractivity contribution in [2.75, 3.05) is 6.86 Å². The summed E-state index contributed by atoms with van der Waals surface area (Å²) >= 11 is 0. The van der Waals surface area contributed by atoms with Crippen LogP contribution >= 0.6 is 0 Å². The summed E-state index contributed by atoms with van der Waals surface area (Å²) < 4.78 is 20.0. The van der Waals surface area contributed by atoms with E-state index in [1.807, 2.05) is 6.07 Å². The number of aryl methyl sites for hydroxylation is 1. The van der Waals surface area contributed by atoms with Gasteiger partial charge in [0.25, 0.3) is 5.56 Å². The molecule has 1 aromatic carbocycles. The molecule has 24 heavy (non-hydrogen) atoms. The number of halogens is 1. The first-order valence-corrected chi connectivity index (χ1v) is 7.07. The predicted octanol–water partition coefficient (Wildman–Crippen LogP) is 2.42. The molecule has 0 fully saturated rings. The minimum atomic E-state index is -0.915. The Morgan fingerprint density at radius 3 is 2.62 bits per heavy atom. The summed E-state index contributed by atoms with van der Waals surface area (Å²) in [6.07, 6.45) is 5.00. The number of aromatic nitrogens is 3. The molecule has 7 heteroatoms. The summed E-state index contributed by atoms with van der Waals surface area (Å²) in [6.45, 7) is -0.915. The highest BCUT2D eigenvalue weighted by molar-refractivity contribution is 5.68. The Balaban J connectivity index is 2.12. The highest BCUT2D eigenvalue weighted by Crippen LogP contribution is 2.23. The summed E-state index contributed by atoms with van der Waals surface area (Å²) in [6, 6.07) is 9.76. The Kier molecular flexibility index (Phi) is 4.12. The van der Waals surface area contributed by atoms with Crippen LogP contribution in [0.1, 0.15) is 5.56 Å². The van der Waals surface area contributed by atoms with E-state index >= 15 is 0 Å². The largest absolute Gasteiger partial charge is 0.463 e. The zero-order valence-electron chi connectivity index (χ0n) is 12.8. The molecule has 6 nitrogen and oxygen atoms in total. The van der Waals surface area contributed by atoms with Gasteiger partial charge < -0.3 is 4.74 Å². The quantitative estimate of drug-likeness (QED) is 0.739. The van der Waals surface area contributed by atoms with E-state index in [-0.39, 0.29) is 11.1 Å². The molecule has 2 aromatic heterocycles. The summed E-state index contributed by atoms with van der Waals surface area (Å²) in [4.78, 5) is 12.3. The van der Waals surface area contributed by atoms with Crippen molar-refractivity contribution in [2.24, 2.45) is 7.05 Å². The van der Waals surface area contributed by atoms with Gasteiger partial charge in [-0.2, -0.15) is 10.4 Å². The molecule has 0 bridgehead atoms. The molecule has 3 aromatic rings. The Morgan fingerprint density at radius 2 is 2.04 bits per heavy atom. The summed E-state index contributed by atoms with van der Waals surface area (Å²) in [7, 11) is 1.77. The van der Waals surface area contributed by atoms with Crippen molar-refractivity contribution in [3.05, 3.63) is 64.8 Å². The smallest absolute Gasteiger partial charge is 0.256 e. The minimum Gasteiger partial charge on any atom is -0.463 e. The van der Waals surface area contributed by atoms with Crippen LogP contribution in [0.5, 0.6) is 5.75 Å². The molecule has 0 unspecified atom stereocenters. The Bertz CT molecular complexity index is 967. The van der Waals surface area contributed by atoms with Crippen LogP contribution < -0.4 is 10.3 Å². The predicted molar refractivity (Wildman–Crippen MR) is 85.6 cm³/mol. The first kappa shape index (κ1) is 15.5. The van der Waals surface area contributed by atoms with Gasteiger partial charge in [0.2, 0.25) is 6.86 Å². The van der Waals surface area contributed by atoms with E-state index in [9.17, 15) is 14.4 Å². The first-order chi connectivity index (χ1) is 11.6. The molecule has 2 heterocycles. The van der Waals surface area contributed by atoms with E-state index in [0.717, 1.165) is 5.56 Å². The number of nitriles is 1. The van der Waals surface area contributed by atoms with Crippen LogP contribution in [0.3, 0.4) is 0 Å². The monoisotopic (exact) mass is 324 g/mol. The SMILES string of the molecule is Cn1cc(-c2cn(-c3ccc(OCF)cc3)c(=O)cc2C#N)cn1. The van der Waals surface area contributed by atoms with E-state index in [1.165, 1.54) is 10.6 Å². The zero-order valence-corrected chi connectivity index (χ0v) is 12.8. The van der Waals surface area contributed by atoms with Gasteiger partial charge in [-0.05, 0) is 24.3 Å². The molecule has 0 saturated carbocycles. The summed E-state index contributed by atoms with van der Waals surface area (Å²) in [5.74, 6) is 0.371. The maximum absolute atomic E-state index is 12.3. The second-order valence-electron chi connectivity index (χ2n) is 5.07. The van der Waals surface area contributed by atoms with Crippen molar-refractivity contribution in [3.8, 4) is 28.6 Å². The lowest BCUT2D eigenvalue weighted by molar-refractivity contribution is 0.192. The zero-order chi connectivity index (χ0) is 17.1. The lowest BCUT2D eigenvalue weighted by Crippen LogP contribution is -2.17. The van der Waals surface area contributed by atoms with E-state index < -0.39 is 6.86 Å². The van der Waals surface area contributed by atoms with Gasteiger partial charge in [0.1, 0.15) is 11.8 Å². The molecule has 0 radical (unpaired) electrons. The van der Waals surface area contributed by atoms with Crippen molar-refractivity contribution in [3.63, 3.8) is 0 Å². The summed E-state index contributed by atoms with van der Waals surface area (Å²) in [5.41, 5.74) is 1.87. The first-order valence-electron chi connectivity index (χ1n) is 7.07. The van der Waals surface area contributed by atoms with Crippen LogP contribution in [-0.4, -0.2) is 21.2 Å². The fraction of sp³-hybridized carbons (Fsp3) is 0.118. The number of ether oxygens (including phenoxy) is 1. The van der Waals surface area contributed by atoms with E-state index in [4.69, 9.17) is 4.74 Å². The lowest BCUT2D eigenvalue weighted by Gasteiger charge is -2.10. The average molecular weight is 324 g/mol. The van der Waals surface area contributed by atoms with Gasteiger partial charge >= 0.3 is 0 Å². The normalized spacial score (nSPS) is 10.4. The number of rotatable bonds is 4. The third-order valence-corrected chi connectivity index (χ3v) is 3.53. The Hall–Kier alpha value is -3.40. The molecule has 120 valence electrons. The molecule has 0 aliphatic heterocycles. The van der Waals surface area contributed by atoms with Crippen molar-refractivity contribution in [2.45, 2.75) is 0 Å². The van der Waals surface area contributed by atoms with Crippen LogP contribution in [0.2, 0.25) is 0 Å². The fourth-order valence-corrected chi connectivity index (χ4v) is 2.38. The maximum atomic E-state index is 12.3. The van der Waals surface area contributed by atoms with Crippen molar-refractivity contribution >= 4 is 0 Å². The van der Waals surface area contributed by atoms with E-state index in [2.05, 4.69) is 5.10 Å². The van der Waals surface area contributed by atoms with E-state index in [1.54, 1.807) is 54.6 Å². The molecule has 3 rings (SSSR count). The number of alkyl halides is 1. The third-order valence-electron chi connectivity index (χ3n) is 3.53. The fourth-order valence-electron chi connectivity index (χ4n) is 2.38. The number of hydrogen-bond acceptors (Lipinski definition) is 4. The molecule has 0 saturated heterocycles. The van der Waals surface area contributed by atoms with Crippen LogP contribution in [0, 0.1) is 11.3 Å². The van der Waals surface area contributed by atoms with Gasteiger partial charge in [0, 0.05) is 42.3 Å². The lowest BCUT2D eigenvalue weighted by atomic mass is 10.1. The number of pyridine rings is 1. The molecule has 0 aliphatic rings. The molecule has 0 amide bonds. The van der Waals surface area contributed by atoms with Crippen LogP contribution in [0.4, 0.5) is 4.39 Å². The van der Waals surface area contributed by atoms with Crippen molar-refractivity contribution in [1.29, 1.82) is 5.26 Å². The van der Waals surface area contributed by atoms with Crippen molar-refractivity contribution in [1.82, 2.24) is 14.3 Å². The van der Waals surface area contributed by atoms with Gasteiger partial charge in [-0.1, -0.05) is 0 Å². The molecule has 0 N–H and O–H groups in total. The van der Waals surface area contributed by atoms with Gasteiger partial charge in [-0.25, -0.2) is 4.39 Å². The third kappa shape index (κ3) is 2.90. The number of nitrogens with zero attached hydrogens (tertiary/aromatic N) is 4. The van der Waals surface area contributed by atoms with Crippen LogP contribution in [-0.2, 0) is 7.05 Å². The highest BCUT2D eigenvalue weighted by Gasteiger charge is 2.11. The van der Waals surface area contributed by atoms with Gasteiger partial charge in [0.15, 0.2) is 0 Å². The van der Waals surface area contributed by atoms with Gasteiger partial charge in [-0.15, -0.1) is 0 Å². The van der Waals surface area contributed by atoms with Crippen molar-refractivity contribution < 1.29 is 9.13 Å². The number of hydrogen-bond donors (Lipinski definition) is 0. The maximum Gasteiger partial charge on any atom is 0.256 e. The molecular formula is C17H13FN4O2. The van der Waals surface area contributed by atoms with Gasteiger partial charge in [0.05, 0.1) is 11.8 Å². The molecule has 0 atom stereocenters. The standard InChI is InChI=1S/C17H13FN4O2/c1-21-9-13(8-20-21)16-10-22(17(23)6-12(16)7-19)14-2-4-15(5-3-14)24-11-18/h2-6,8-10H,11H2,1H3. The second-order valence-corrected chi connectivity index (χ2v) is 5.07. The molecular weight excluding hydrogens is 311 g/mol. The summed E-state index contributed by atoms with van der Waals surface area (Å²) in [5, 5.41) is 13.4. The Morgan fingerprint density at radius 1 is 1.29 bits per heavy atom.